The van der Waals surface area contributed by atoms with Crippen LogP contribution in [0.1, 0.15) is 0 Å². The maximum atomic E-state index is 12.2. The van der Waals surface area contributed by atoms with Gasteiger partial charge in [-0.25, -0.2) is 9.78 Å². The number of methoxy groups -OCH3 is 1. The summed E-state index contributed by atoms with van der Waals surface area (Å²) in [6.45, 7) is 0. The monoisotopic (exact) mass is 357 g/mol. The number of urea groups is 1. The van der Waals surface area contributed by atoms with E-state index in [9.17, 15) is 4.79 Å². The smallest absolute Gasteiger partial charge is 0.323 e. The van der Waals surface area contributed by atoms with Gasteiger partial charge in [0.1, 0.15) is 0 Å². The van der Waals surface area contributed by atoms with Crippen LogP contribution in [0.15, 0.2) is 48.8 Å². The van der Waals surface area contributed by atoms with E-state index < -0.39 is 0 Å². The molecule has 0 bridgehead atoms. The predicted octanol–water partition coefficient (Wildman–Crippen LogP) is 3.79. The molecular weight excluding hydrogens is 342 g/mol. The Morgan fingerprint density at radius 1 is 1.16 bits per heavy atom. The molecule has 0 saturated heterocycles. The summed E-state index contributed by atoms with van der Waals surface area (Å²) in [5.74, 6) is 0.451. The molecule has 3 rings (SSSR count). The molecular formula is C17H16ClN5O2. The normalized spacial score (nSPS) is 10.4. The summed E-state index contributed by atoms with van der Waals surface area (Å²) >= 11 is 5.83. The molecule has 7 nitrogen and oxygen atoms in total. The van der Waals surface area contributed by atoms with Gasteiger partial charge in [0.05, 0.1) is 30.3 Å². The van der Waals surface area contributed by atoms with Crippen molar-refractivity contribution in [3.05, 3.63) is 53.8 Å². The summed E-state index contributed by atoms with van der Waals surface area (Å²) in [4.78, 5) is 16.4. The van der Waals surface area contributed by atoms with Crippen molar-refractivity contribution in [3.8, 4) is 17.1 Å². The van der Waals surface area contributed by atoms with E-state index in [2.05, 4.69) is 20.7 Å². The molecule has 0 saturated carbocycles. The summed E-state index contributed by atoms with van der Waals surface area (Å²) in [5.41, 5.74) is 2.72. The molecule has 2 heterocycles. The number of aryl methyl sites for hydroxylation is 1. The third-order valence-electron chi connectivity index (χ3n) is 3.50. The van der Waals surface area contributed by atoms with Crippen molar-refractivity contribution in [2.45, 2.75) is 0 Å². The first-order chi connectivity index (χ1) is 12.1. The van der Waals surface area contributed by atoms with Gasteiger partial charge in [-0.1, -0.05) is 11.6 Å². The van der Waals surface area contributed by atoms with E-state index in [1.54, 1.807) is 48.3 Å². The number of halogens is 1. The molecule has 0 radical (unpaired) electrons. The molecule has 0 atom stereocenters. The number of benzene rings is 1. The van der Waals surface area contributed by atoms with E-state index in [4.69, 9.17) is 16.3 Å². The van der Waals surface area contributed by atoms with E-state index in [1.165, 1.54) is 6.20 Å². The summed E-state index contributed by atoms with van der Waals surface area (Å²) in [5, 5.41) is 10.2. The highest BCUT2D eigenvalue weighted by atomic mass is 35.5. The zero-order chi connectivity index (χ0) is 17.8. The maximum absolute atomic E-state index is 12.2. The van der Waals surface area contributed by atoms with Crippen molar-refractivity contribution in [1.29, 1.82) is 0 Å². The zero-order valence-electron chi connectivity index (χ0n) is 13.7. The highest BCUT2D eigenvalue weighted by molar-refractivity contribution is 6.30. The Hall–Kier alpha value is -3.06. The number of rotatable bonds is 4. The lowest BCUT2D eigenvalue weighted by atomic mass is 10.2. The Kier molecular flexibility index (Phi) is 4.85. The Morgan fingerprint density at radius 3 is 2.52 bits per heavy atom. The van der Waals surface area contributed by atoms with Gasteiger partial charge in [-0.2, -0.15) is 5.10 Å². The van der Waals surface area contributed by atoms with E-state index in [0.717, 1.165) is 11.3 Å². The Morgan fingerprint density at radius 2 is 1.88 bits per heavy atom. The van der Waals surface area contributed by atoms with Gasteiger partial charge in [-0.15, -0.1) is 0 Å². The quantitative estimate of drug-likeness (QED) is 0.744. The molecule has 2 N–H and O–H groups in total. The van der Waals surface area contributed by atoms with Gasteiger partial charge in [0.2, 0.25) is 5.88 Å². The Bertz CT molecular complexity index is 892. The van der Waals surface area contributed by atoms with Crippen molar-refractivity contribution in [2.75, 3.05) is 17.7 Å². The Labute approximate surface area is 149 Å². The number of hydrogen-bond acceptors (Lipinski definition) is 4. The number of pyridine rings is 1. The standard InChI is InChI=1S/C17H16ClN5O2/c1-23-15(7-8-20-23)14-9-13(10-19-16(14)25-2)22-17(24)21-12-5-3-11(18)4-6-12/h3-10H,1-2H3,(H2,21,22,24). The van der Waals surface area contributed by atoms with Crippen LogP contribution in [0, 0.1) is 0 Å². The molecule has 0 unspecified atom stereocenters. The largest absolute Gasteiger partial charge is 0.481 e. The van der Waals surface area contributed by atoms with Crippen LogP contribution in [-0.2, 0) is 7.05 Å². The molecule has 3 aromatic rings. The highest BCUT2D eigenvalue weighted by Crippen LogP contribution is 2.29. The van der Waals surface area contributed by atoms with Crippen LogP contribution in [0.2, 0.25) is 5.02 Å². The number of nitrogens with one attached hydrogen (secondary N) is 2. The average molecular weight is 358 g/mol. The lowest BCUT2D eigenvalue weighted by molar-refractivity contribution is 0.262. The van der Waals surface area contributed by atoms with Crippen LogP contribution in [0.5, 0.6) is 5.88 Å². The van der Waals surface area contributed by atoms with Gasteiger partial charge in [0, 0.05) is 24.0 Å². The van der Waals surface area contributed by atoms with Gasteiger partial charge in [0.25, 0.3) is 0 Å². The first kappa shape index (κ1) is 16.8. The lowest BCUT2D eigenvalue weighted by Crippen LogP contribution is -2.19. The van der Waals surface area contributed by atoms with E-state index >= 15 is 0 Å². The zero-order valence-corrected chi connectivity index (χ0v) is 14.4. The van der Waals surface area contributed by atoms with Crippen molar-refractivity contribution in [3.63, 3.8) is 0 Å². The number of carbonyl (C=O) groups is 1. The van der Waals surface area contributed by atoms with Crippen LogP contribution in [0.3, 0.4) is 0 Å². The molecule has 128 valence electrons. The molecule has 0 aliphatic heterocycles. The molecule has 0 aliphatic rings. The topological polar surface area (TPSA) is 81.1 Å². The average Bonchev–Trinajstić information content (AvgIpc) is 3.02. The van der Waals surface area contributed by atoms with Crippen molar-refractivity contribution < 1.29 is 9.53 Å². The van der Waals surface area contributed by atoms with Gasteiger partial charge in [-0.3, -0.25) is 4.68 Å². The summed E-state index contributed by atoms with van der Waals surface area (Å²) in [6.07, 6.45) is 3.21. The van der Waals surface area contributed by atoms with Crippen molar-refractivity contribution in [1.82, 2.24) is 14.8 Å². The molecule has 2 aromatic heterocycles. The second-order valence-electron chi connectivity index (χ2n) is 5.21. The minimum Gasteiger partial charge on any atom is -0.481 e. The molecule has 1 aromatic carbocycles. The van der Waals surface area contributed by atoms with Crippen LogP contribution in [-0.4, -0.2) is 27.9 Å². The second-order valence-corrected chi connectivity index (χ2v) is 5.64. The third-order valence-corrected chi connectivity index (χ3v) is 3.75. The maximum Gasteiger partial charge on any atom is 0.323 e. The second kappa shape index (κ2) is 7.23. The van der Waals surface area contributed by atoms with Crippen molar-refractivity contribution >= 4 is 29.0 Å². The van der Waals surface area contributed by atoms with Crippen LogP contribution >= 0.6 is 11.6 Å². The van der Waals surface area contributed by atoms with Crippen molar-refractivity contribution in [2.24, 2.45) is 7.05 Å². The highest BCUT2D eigenvalue weighted by Gasteiger charge is 2.13. The third kappa shape index (κ3) is 3.89. The molecule has 0 aliphatic carbocycles. The van der Waals surface area contributed by atoms with Gasteiger partial charge >= 0.3 is 6.03 Å². The van der Waals surface area contributed by atoms with Crippen LogP contribution in [0.25, 0.3) is 11.3 Å². The fourth-order valence-electron chi connectivity index (χ4n) is 2.33. The number of nitrogens with zero attached hydrogens (tertiary/aromatic N) is 3. The van der Waals surface area contributed by atoms with E-state index in [-0.39, 0.29) is 6.03 Å². The summed E-state index contributed by atoms with van der Waals surface area (Å²) in [7, 11) is 3.37. The fraction of sp³-hybridized carbons (Fsp3) is 0.118. The predicted molar refractivity (Wildman–Crippen MR) is 97.1 cm³/mol. The number of aromatic nitrogens is 3. The number of amides is 2. The lowest BCUT2D eigenvalue weighted by Gasteiger charge is -2.11. The summed E-state index contributed by atoms with van der Waals surface area (Å²) < 4.78 is 7.00. The molecule has 8 heteroatoms. The molecule has 0 fully saturated rings. The Balaban J connectivity index is 1.79. The molecule has 25 heavy (non-hydrogen) atoms. The molecule has 2 amide bonds. The summed E-state index contributed by atoms with van der Waals surface area (Å²) in [6, 6.07) is 10.1. The first-order valence-corrected chi connectivity index (χ1v) is 7.80. The number of carbonyl (C=O) groups excluding carboxylic acids is 1. The first-order valence-electron chi connectivity index (χ1n) is 7.43. The minimum atomic E-state index is -0.384. The SMILES string of the molecule is COc1ncc(NC(=O)Nc2ccc(Cl)cc2)cc1-c1ccnn1C. The fourth-order valence-corrected chi connectivity index (χ4v) is 2.46. The van der Waals surface area contributed by atoms with Gasteiger partial charge < -0.3 is 15.4 Å². The van der Waals surface area contributed by atoms with Gasteiger partial charge in [0.15, 0.2) is 0 Å². The minimum absolute atomic E-state index is 0.384. The van der Waals surface area contributed by atoms with Crippen LogP contribution in [0.4, 0.5) is 16.2 Å². The number of hydrogen-bond donors (Lipinski definition) is 2. The number of ether oxygens (including phenoxy) is 1. The van der Waals surface area contributed by atoms with E-state index in [0.29, 0.717) is 22.3 Å². The van der Waals surface area contributed by atoms with Gasteiger partial charge in [-0.05, 0) is 36.4 Å². The van der Waals surface area contributed by atoms with Crippen LogP contribution < -0.4 is 15.4 Å². The van der Waals surface area contributed by atoms with E-state index in [1.807, 2.05) is 13.1 Å². The molecule has 0 spiro atoms. The number of anilines is 2.